The lowest BCUT2D eigenvalue weighted by Gasteiger charge is -2.17. The number of aromatic nitrogens is 2. The third-order valence-electron chi connectivity index (χ3n) is 6.31. The molecule has 0 N–H and O–H groups in total. The molecule has 0 amide bonds. The average molecular weight is 537 g/mol. The number of fused-ring (bicyclic) bond motifs is 1. The minimum absolute atomic E-state index is 0.309. The smallest absolute Gasteiger partial charge is 0.343 e. The van der Waals surface area contributed by atoms with Crippen LogP contribution in [-0.2, 0) is 6.54 Å². The maximum Gasteiger partial charge on any atom is 0.343 e. The van der Waals surface area contributed by atoms with Crippen molar-refractivity contribution in [3.8, 4) is 34.4 Å². The van der Waals surface area contributed by atoms with E-state index in [0.717, 1.165) is 22.4 Å². The van der Waals surface area contributed by atoms with Gasteiger partial charge in [0.05, 0.1) is 36.4 Å². The molecule has 0 unspecified atom stereocenters. The van der Waals surface area contributed by atoms with Crippen LogP contribution in [0.25, 0.3) is 22.4 Å². The van der Waals surface area contributed by atoms with E-state index in [-0.39, 0.29) is 0 Å². The van der Waals surface area contributed by atoms with Crippen molar-refractivity contribution in [2.45, 2.75) is 27.3 Å². The van der Waals surface area contributed by atoms with Gasteiger partial charge < -0.3 is 23.5 Å². The monoisotopic (exact) mass is 536 g/mol. The number of esters is 1. The van der Waals surface area contributed by atoms with Gasteiger partial charge in [-0.05, 0) is 74.9 Å². The Morgan fingerprint density at radius 2 is 1.38 bits per heavy atom. The largest absolute Gasteiger partial charge is 0.490 e. The molecule has 5 aromatic rings. The fourth-order valence-electron chi connectivity index (χ4n) is 4.57. The lowest BCUT2D eigenvalue weighted by Crippen LogP contribution is -2.11. The first-order valence-corrected chi connectivity index (χ1v) is 13.5. The van der Waals surface area contributed by atoms with Crippen molar-refractivity contribution in [1.29, 1.82) is 0 Å². The lowest BCUT2D eigenvalue weighted by molar-refractivity contribution is 0.0733. The number of hydrogen-bond acceptors (Lipinski definition) is 6. The Labute approximate surface area is 233 Å². The number of rotatable bonds is 11. The van der Waals surface area contributed by atoms with E-state index in [1.165, 1.54) is 5.56 Å². The van der Waals surface area contributed by atoms with E-state index in [9.17, 15) is 4.79 Å². The Morgan fingerprint density at radius 3 is 2.02 bits per heavy atom. The Kier molecular flexibility index (Phi) is 8.30. The number of carbonyl (C=O) groups excluding carboxylic acids is 1. The van der Waals surface area contributed by atoms with Gasteiger partial charge in [0.25, 0.3) is 0 Å². The summed E-state index contributed by atoms with van der Waals surface area (Å²) in [4.78, 5) is 18.0. The molecule has 0 aliphatic carbocycles. The highest BCUT2D eigenvalue weighted by Crippen LogP contribution is 2.39. The first-order valence-electron chi connectivity index (χ1n) is 13.5. The molecule has 0 bridgehead atoms. The van der Waals surface area contributed by atoms with E-state index < -0.39 is 5.97 Å². The molecule has 40 heavy (non-hydrogen) atoms. The van der Waals surface area contributed by atoms with Crippen LogP contribution in [0.15, 0.2) is 91.0 Å². The van der Waals surface area contributed by atoms with E-state index in [2.05, 4.69) is 22.8 Å². The second-order valence-electron chi connectivity index (χ2n) is 9.01. The highest BCUT2D eigenvalue weighted by Gasteiger charge is 2.20. The van der Waals surface area contributed by atoms with Gasteiger partial charge in [0, 0.05) is 12.1 Å². The van der Waals surface area contributed by atoms with Crippen LogP contribution in [0.5, 0.6) is 23.0 Å². The molecular formula is C33H32N2O5. The number of carbonyl (C=O) groups is 1. The van der Waals surface area contributed by atoms with Crippen LogP contribution in [0.1, 0.15) is 36.7 Å². The van der Waals surface area contributed by atoms with Crippen molar-refractivity contribution in [3.63, 3.8) is 0 Å². The highest BCUT2D eigenvalue weighted by atomic mass is 16.5. The van der Waals surface area contributed by atoms with Crippen LogP contribution in [0.3, 0.4) is 0 Å². The summed E-state index contributed by atoms with van der Waals surface area (Å²) >= 11 is 0. The van der Waals surface area contributed by atoms with Gasteiger partial charge in [-0.1, -0.05) is 42.5 Å². The predicted octanol–water partition coefficient (Wildman–Crippen LogP) is 7.17. The normalized spacial score (nSPS) is 10.9. The van der Waals surface area contributed by atoms with Crippen LogP contribution in [0, 0.1) is 0 Å². The van der Waals surface area contributed by atoms with Gasteiger partial charge in [0.15, 0.2) is 11.5 Å². The summed E-state index contributed by atoms with van der Waals surface area (Å²) in [6, 6.07) is 29.0. The number of nitrogens with zero attached hydrogens (tertiary/aromatic N) is 2. The second kappa shape index (κ2) is 12.4. The summed E-state index contributed by atoms with van der Waals surface area (Å²) in [5.74, 6) is 2.10. The molecule has 0 aliphatic heterocycles. The first kappa shape index (κ1) is 26.8. The molecule has 0 spiro atoms. The van der Waals surface area contributed by atoms with Gasteiger partial charge in [0.1, 0.15) is 11.6 Å². The number of ether oxygens (including phenoxy) is 4. The molecule has 0 atom stereocenters. The number of hydrogen-bond donors (Lipinski definition) is 0. The van der Waals surface area contributed by atoms with E-state index in [4.69, 9.17) is 23.9 Å². The fraction of sp³-hybridized carbons (Fsp3) is 0.212. The minimum Gasteiger partial charge on any atom is -0.490 e. The number of para-hydroxylation sites is 2. The molecular weight excluding hydrogens is 504 g/mol. The Balaban J connectivity index is 1.41. The third-order valence-corrected chi connectivity index (χ3v) is 6.31. The average Bonchev–Trinajstić information content (AvgIpc) is 3.34. The van der Waals surface area contributed by atoms with Gasteiger partial charge in [-0.2, -0.15) is 0 Å². The second-order valence-corrected chi connectivity index (χ2v) is 9.01. The van der Waals surface area contributed by atoms with Crippen LogP contribution >= 0.6 is 0 Å². The predicted molar refractivity (Wildman–Crippen MR) is 156 cm³/mol. The zero-order valence-corrected chi connectivity index (χ0v) is 22.9. The molecule has 0 fully saturated rings. The molecule has 0 radical (unpaired) electrons. The highest BCUT2D eigenvalue weighted by molar-refractivity contribution is 5.93. The van der Waals surface area contributed by atoms with Crippen LogP contribution in [0.4, 0.5) is 0 Å². The zero-order chi connectivity index (χ0) is 27.9. The molecule has 0 saturated carbocycles. The topological polar surface area (TPSA) is 71.8 Å². The molecule has 7 heteroatoms. The van der Waals surface area contributed by atoms with Gasteiger partial charge in [0.2, 0.25) is 5.75 Å². The molecule has 7 nitrogen and oxygen atoms in total. The van der Waals surface area contributed by atoms with E-state index in [1.807, 2.05) is 69.3 Å². The Hall–Kier alpha value is -4.78. The number of benzene rings is 4. The van der Waals surface area contributed by atoms with Crippen LogP contribution in [-0.4, -0.2) is 35.3 Å². The Bertz CT molecular complexity index is 1570. The van der Waals surface area contributed by atoms with Crippen molar-refractivity contribution in [2.24, 2.45) is 0 Å². The maximum absolute atomic E-state index is 13.1. The lowest BCUT2D eigenvalue weighted by atomic mass is 10.1. The molecule has 204 valence electrons. The molecule has 1 heterocycles. The standard InChI is InChI=1S/C33H32N2O5/c1-4-37-29-20-25(21-30(38-5-2)31(29)39-6-3)33(36)40-26-18-16-24(17-19-26)32-34-27-14-10-11-15-28(27)35(32)22-23-12-8-7-9-13-23/h7-21H,4-6,22H2,1-3H3. The summed E-state index contributed by atoms with van der Waals surface area (Å²) in [5, 5.41) is 0. The van der Waals surface area contributed by atoms with Gasteiger partial charge in [-0.25, -0.2) is 9.78 Å². The van der Waals surface area contributed by atoms with Crippen molar-refractivity contribution in [1.82, 2.24) is 9.55 Å². The van der Waals surface area contributed by atoms with Crippen LogP contribution < -0.4 is 18.9 Å². The number of imidazole rings is 1. The first-order chi connectivity index (χ1) is 19.6. The molecule has 0 aliphatic rings. The quantitative estimate of drug-likeness (QED) is 0.132. The third kappa shape index (κ3) is 5.78. The van der Waals surface area contributed by atoms with Gasteiger partial charge in [-0.3, -0.25) is 0 Å². The summed E-state index contributed by atoms with van der Waals surface area (Å²) in [5.41, 5.74) is 4.40. The van der Waals surface area contributed by atoms with Crippen molar-refractivity contribution in [3.05, 3.63) is 102 Å². The summed E-state index contributed by atoms with van der Waals surface area (Å²) in [6.45, 7) is 7.59. The minimum atomic E-state index is -0.519. The van der Waals surface area contributed by atoms with Crippen molar-refractivity contribution in [2.75, 3.05) is 19.8 Å². The molecule has 5 rings (SSSR count). The molecule has 4 aromatic carbocycles. The summed E-state index contributed by atoms with van der Waals surface area (Å²) in [7, 11) is 0. The van der Waals surface area contributed by atoms with E-state index in [0.29, 0.717) is 54.9 Å². The van der Waals surface area contributed by atoms with Crippen molar-refractivity contribution >= 4 is 17.0 Å². The van der Waals surface area contributed by atoms with Crippen molar-refractivity contribution < 1.29 is 23.7 Å². The van der Waals surface area contributed by atoms with E-state index >= 15 is 0 Å². The van der Waals surface area contributed by atoms with Crippen LogP contribution in [0.2, 0.25) is 0 Å². The Morgan fingerprint density at radius 1 is 0.750 bits per heavy atom. The SMILES string of the molecule is CCOc1cc(C(=O)Oc2ccc(-c3nc4ccccc4n3Cc3ccccc3)cc2)cc(OCC)c1OCC. The summed E-state index contributed by atoms with van der Waals surface area (Å²) in [6.07, 6.45) is 0. The summed E-state index contributed by atoms with van der Waals surface area (Å²) < 4.78 is 25.1. The zero-order valence-electron chi connectivity index (χ0n) is 22.9. The molecule has 1 aromatic heterocycles. The van der Waals surface area contributed by atoms with E-state index in [1.54, 1.807) is 24.3 Å². The molecule has 0 saturated heterocycles. The van der Waals surface area contributed by atoms with Gasteiger partial charge >= 0.3 is 5.97 Å². The van der Waals surface area contributed by atoms with Gasteiger partial charge in [-0.15, -0.1) is 0 Å². The maximum atomic E-state index is 13.1. The fourth-order valence-corrected chi connectivity index (χ4v) is 4.57.